The molecule has 0 atom stereocenters. The molecule has 27 heavy (non-hydrogen) atoms. The second-order valence-corrected chi connectivity index (χ2v) is 7.28. The fourth-order valence-electron chi connectivity index (χ4n) is 2.07. The minimum Gasteiger partial charge on any atom is -0.345 e. The molecule has 0 spiro atoms. The van der Waals surface area contributed by atoms with Crippen LogP contribution in [0.2, 0.25) is 0 Å². The molecule has 15 heteroatoms. The standard InChI is InChI=1S/C12H10F3N7O4S/c1-27(25,26)11-19-7-5(2-6-8(23)20-10(24)18-6)3-17-22(7)9(21-11)16-4-12(13,14)15/h2-3H,4H2,1H3,(H,16,19,21)(H2,18,20,23,24)/b6-2-. The quantitative estimate of drug-likeness (QED) is 0.463. The average molecular weight is 405 g/mol. The molecule has 11 nitrogen and oxygen atoms in total. The highest BCUT2D eigenvalue weighted by atomic mass is 32.2. The Hall–Kier alpha value is -3.23. The normalized spacial score (nSPS) is 16.7. The maximum atomic E-state index is 12.5. The van der Waals surface area contributed by atoms with Crippen molar-refractivity contribution in [1.29, 1.82) is 0 Å². The van der Waals surface area contributed by atoms with Gasteiger partial charge in [-0.15, -0.1) is 0 Å². The van der Waals surface area contributed by atoms with E-state index in [0.717, 1.165) is 23.0 Å². The number of aromatic nitrogens is 4. The van der Waals surface area contributed by atoms with E-state index in [9.17, 15) is 31.2 Å². The third-order valence-electron chi connectivity index (χ3n) is 3.17. The lowest BCUT2D eigenvalue weighted by atomic mass is 10.2. The van der Waals surface area contributed by atoms with Crippen LogP contribution in [0.1, 0.15) is 5.56 Å². The van der Waals surface area contributed by atoms with E-state index in [1.165, 1.54) is 0 Å². The molecule has 3 N–H and O–H groups in total. The monoisotopic (exact) mass is 405 g/mol. The molecule has 1 fully saturated rings. The number of carbonyl (C=O) groups is 2. The molecule has 3 heterocycles. The fourth-order valence-corrected chi connectivity index (χ4v) is 2.58. The first kappa shape index (κ1) is 18.6. The minimum atomic E-state index is -4.59. The number of carbonyl (C=O) groups excluding carboxylic acids is 2. The Morgan fingerprint density at radius 2 is 1.96 bits per heavy atom. The molecule has 0 unspecified atom stereocenters. The van der Waals surface area contributed by atoms with Crippen molar-refractivity contribution in [2.24, 2.45) is 0 Å². The number of anilines is 1. The van der Waals surface area contributed by atoms with E-state index < -0.39 is 45.6 Å². The third-order valence-corrected chi connectivity index (χ3v) is 4.02. The number of fused-ring (bicyclic) bond motifs is 1. The Labute approximate surface area is 148 Å². The first-order valence-corrected chi connectivity index (χ1v) is 8.94. The minimum absolute atomic E-state index is 0.0738. The summed E-state index contributed by atoms with van der Waals surface area (Å²) < 4.78 is 61.8. The van der Waals surface area contributed by atoms with Gasteiger partial charge in [0.2, 0.25) is 15.8 Å². The van der Waals surface area contributed by atoms with Crippen molar-refractivity contribution in [3.8, 4) is 0 Å². The molecule has 1 saturated heterocycles. The van der Waals surface area contributed by atoms with Crippen LogP contribution >= 0.6 is 0 Å². The molecule has 0 saturated carbocycles. The van der Waals surface area contributed by atoms with E-state index in [1.807, 2.05) is 10.6 Å². The summed E-state index contributed by atoms with van der Waals surface area (Å²) in [6, 6.07) is -0.762. The smallest absolute Gasteiger partial charge is 0.345 e. The lowest BCUT2D eigenvalue weighted by Crippen LogP contribution is -2.24. The van der Waals surface area contributed by atoms with Crippen LogP contribution in [0, 0.1) is 0 Å². The van der Waals surface area contributed by atoms with Gasteiger partial charge in [-0.05, 0) is 6.08 Å². The molecule has 0 bridgehead atoms. The summed E-state index contributed by atoms with van der Waals surface area (Å²) >= 11 is 0. The molecule has 0 aliphatic carbocycles. The van der Waals surface area contributed by atoms with Crippen LogP contribution in [0.15, 0.2) is 17.1 Å². The summed E-state index contributed by atoms with van der Waals surface area (Å²) in [6.45, 7) is -1.49. The van der Waals surface area contributed by atoms with Crippen LogP contribution in [0.5, 0.6) is 0 Å². The first-order chi connectivity index (χ1) is 12.4. The molecule has 3 amide bonds. The summed E-state index contributed by atoms with van der Waals surface area (Å²) in [6.07, 6.45) is -1.53. The molecule has 144 valence electrons. The number of nitrogens with zero attached hydrogens (tertiary/aromatic N) is 4. The van der Waals surface area contributed by atoms with Crippen molar-refractivity contribution in [1.82, 2.24) is 30.2 Å². The van der Waals surface area contributed by atoms with Gasteiger partial charge in [-0.3, -0.25) is 10.1 Å². The molecular formula is C12H10F3N7O4S. The van der Waals surface area contributed by atoms with Gasteiger partial charge < -0.3 is 10.6 Å². The number of hydrogen-bond acceptors (Lipinski definition) is 8. The van der Waals surface area contributed by atoms with Crippen molar-refractivity contribution < 1.29 is 31.2 Å². The van der Waals surface area contributed by atoms with Crippen LogP contribution in [0.4, 0.5) is 23.9 Å². The summed E-state index contributed by atoms with van der Waals surface area (Å²) in [7, 11) is -3.97. The highest BCUT2D eigenvalue weighted by molar-refractivity contribution is 7.90. The number of rotatable bonds is 4. The van der Waals surface area contributed by atoms with Crippen LogP contribution in [0.25, 0.3) is 11.7 Å². The van der Waals surface area contributed by atoms with Gasteiger partial charge in [0.05, 0.1) is 6.20 Å². The molecule has 0 radical (unpaired) electrons. The average Bonchev–Trinajstić information content (AvgIpc) is 3.07. The number of halogens is 3. The van der Waals surface area contributed by atoms with Gasteiger partial charge in [0.1, 0.15) is 12.2 Å². The van der Waals surface area contributed by atoms with Gasteiger partial charge in [-0.25, -0.2) is 13.2 Å². The van der Waals surface area contributed by atoms with Gasteiger partial charge in [0.15, 0.2) is 5.65 Å². The van der Waals surface area contributed by atoms with E-state index in [1.54, 1.807) is 0 Å². The Morgan fingerprint density at radius 3 is 2.52 bits per heavy atom. The topological polar surface area (TPSA) is 147 Å². The van der Waals surface area contributed by atoms with Crippen LogP contribution < -0.4 is 16.0 Å². The van der Waals surface area contributed by atoms with Gasteiger partial charge >= 0.3 is 12.2 Å². The van der Waals surface area contributed by atoms with Crippen molar-refractivity contribution in [3.05, 3.63) is 17.5 Å². The number of hydrogen-bond donors (Lipinski definition) is 3. The highest BCUT2D eigenvalue weighted by Crippen LogP contribution is 2.20. The zero-order chi connectivity index (χ0) is 20.0. The summed E-state index contributed by atoms with van der Waals surface area (Å²) in [4.78, 5) is 30.1. The summed E-state index contributed by atoms with van der Waals surface area (Å²) in [5.41, 5.74) is -0.277. The van der Waals surface area contributed by atoms with Crippen molar-refractivity contribution in [3.63, 3.8) is 0 Å². The van der Waals surface area contributed by atoms with Gasteiger partial charge in [0, 0.05) is 11.8 Å². The Balaban J connectivity index is 2.14. The first-order valence-electron chi connectivity index (χ1n) is 7.04. The maximum Gasteiger partial charge on any atom is 0.405 e. The zero-order valence-electron chi connectivity index (χ0n) is 13.3. The van der Waals surface area contributed by atoms with Gasteiger partial charge in [0.25, 0.3) is 11.1 Å². The predicted molar refractivity (Wildman–Crippen MR) is 83.1 cm³/mol. The lowest BCUT2D eigenvalue weighted by molar-refractivity contribution is -0.116. The van der Waals surface area contributed by atoms with Crippen molar-refractivity contribution in [2.75, 3.05) is 18.1 Å². The summed E-state index contributed by atoms with van der Waals surface area (Å²) in [5.74, 6) is -1.26. The number of sulfone groups is 1. The van der Waals surface area contributed by atoms with E-state index in [0.29, 0.717) is 0 Å². The van der Waals surface area contributed by atoms with Crippen molar-refractivity contribution in [2.45, 2.75) is 11.3 Å². The second kappa shape index (κ2) is 6.19. The molecule has 1 aliphatic rings. The van der Waals surface area contributed by atoms with Crippen LogP contribution in [0.3, 0.4) is 0 Å². The van der Waals surface area contributed by atoms with E-state index in [2.05, 4.69) is 20.4 Å². The van der Waals surface area contributed by atoms with Crippen LogP contribution in [-0.2, 0) is 14.6 Å². The van der Waals surface area contributed by atoms with E-state index in [4.69, 9.17) is 0 Å². The molecule has 2 aromatic heterocycles. The number of nitrogens with one attached hydrogen (secondary N) is 3. The fraction of sp³-hybridized carbons (Fsp3) is 0.250. The van der Waals surface area contributed by atoms with Gasteiger partial charge in [-0.1, -0.05) is 0 Å². The number of amides is 3. The summed E-state index contributed by atoms with van der Waals surface area (Å²) in [5, 5.41) is 9.19. The molecule has 3 rings (SSSR count). The number of alkyl halides is 3. The SMILES string of the molecule is CS(=O)(=O)c1nc(NCC(F)(F)F)n2ncc(/C=C3\NC(=O)NC3=O)c2n1. The van der Waals surface area contributed by atoms with Crippen LogP contribution in [-0.4, -0.2) is 58.9 Å². The number of urea groups is 1. The molecule has 2 aromatic rings. The molecular weight excluding hydrogens is 395 g/mol. The molecule has 1 aliphatic heterocycles. The highest BCUT2D eigenvalue weighted by Gasteiger charge is 2.29. The van der Waals surface area contributed by atoms with E-state index in [-0.39, 0.29) is 16.9 Å². The maximum absolute atomic E-state index is 12.5. The predicted octanol–water partition coefficient (Wildman–Crippen LogP) is -0.318. The Morgan fingerprint density at radius 1 is 1.26 bits per heavy atom. The Bertz CT molecular complexity index is 1090. The van der Waals surface area contributed by atoms with Gasteiger partial charge in [-0.2, -0.15) is 32.8 Å². The lowest BCUT2D eigenvalue weighted by Gasteiger charge is -2.10. The Kier molecular flexibility index (Phi) is 4.25. The van der Waals surface area contributed by atoms with Crippen molar-refractivity contribution >= 4 is 39.4 Å². The number of imide groups is 1. The third kappa shape index (κ3) is 3.97. The molecule has 0 aromatic carbocycles. The second-order valence-electron chi connectivity index (χ2n) is 5.37. The zero-order valence-corrected chi connectivity index (χ0v) is 14.1. The largest absolute Gasteiger partial charge is 0.405 e. The van der Waals surface area contributed by atoms with E-state index >= 15 is 0 Å².